The number of fused-ring (bicyclic) bond motifs is 1. The van der Waals surface area contributed by atoms with Crippen LogP contribution in [0.1, 0.15) is 16.2 Å². The van der Waals surface area contributed by atoms with E-state index in [-0.39, 0.29) is 11.4 Å². The molecule has 3 heterocycles. The first kappa shape index (κ1) is 15.9. The first-order valence-electron chi connectivity index (χ1n) is 7.94. The fourth-order valence-electron chi connectivity index (χ4n) is 2.71. The molecular formula is C18H15FN6O. The molecule has 1 N–H and O–H groups in total. The van der Waals surface area contributed by atoms with Gasteiger partial charge < -0.3 is 5.32 Å². The highest BCUT2D eigenvalue weighted by Gasteiger charge is 2.17. The molecule has 0 aliphatic heterocycles. The minimum atomic E-state index is -0.505. The number of nitrogens with zero attached hydrogens (tertiary/aromatic N) is 5. The van der Waals surface area contributed by atoms with Gasteiger partial charge in [-0.3, -0.25) is 9.48 Å². The van der Waals surface area contributed by atoms with Crippen LogP contribution in [-0.2, 0) is 7.05 Å². The van der Waals surface area contributed by atoms with Crippen LogP contribution in [-0.4, -0.2) is 30.3 Å². The van der Waals surface area contributed by atoms with Crippen LogP contribution in [0, 0.1) is 12.7 Å². The van der Waals surface area contributed by atoms with Gasteiger partial charge in [-0.25, -0.2) is 13.9 Å². The smallest absolute Gasteiger partial charge is 0.276 e. The molecule has 4 aromatic rings. The quantitative estimate of drug-likeness (QED) is 0.616. The second-order valence-corrected chi connectivity index (χ2v) is 5.83. The number of nitrogens with one attached hydrogen (secondary N) is 1. The summed E-state index contributed by atoms with van der Waals surface area (Å²) in [5, 5.41) is 11.1. The molecule has 0 bridgehead atoms. The van der Waals surface area contributed by atoms with E-state index >= 15 is 0 Å². The average molecular weight is 350 g/mol. The zero-order valence-electron chi connectivity index (χ0n) is 14.1. The maximum atomic E-state index is 13.7. The summed E-state index contributed by atoms with van der Waals surface area (Å²) in [7, 11) is 1.85. The number of aromatic nitrogens is 5. The van der Waals surface area contributed by atoms with Gasteiger partial charge in [-0.1, -0.05) is 12.1 Å². The highest BCUT2D eigenvalue weighted by Crippen LogP contribution is 2.23. The number of aryl methyl sites for hydroxylation is 1. The van der Waals surface area contributed by atoms with E-state index in [0.717, 1.165) is 17.0 Å². The van der Waals surface area contributed by atoms with E-state index in [1.807, 2.05) is 20.0 Å². The van der Waals surface area contributed by atoms with Crippen LogP contribution < -0.4 is 5.32 Å². The molecule has 0 spiro atoms. The van der Waals surface area contributed by atoms with Gasteiger partial charge in [0.1, 0.15) is 5.82 Å². The highest BCUT2D eigenvalue weighted by atomic mass is 19.1. The predicted molar refractivity (Wildman–Crippen MR) is 94.3 cm³/mol. The molecule has 0 radical (unpaired) electrons. The van der Waals surface area contributed by atoms with Gasteiger partial charge in [0.05, 0.1) is 17.6 Å². The summed E-state index contributed by atoms with van der Waals surface area (Å²) in [5.74, 6) is -1.01. The van der Waals surface area contributed by atoms with Crippen molar-refractivity contribution >= 4 is 17.2 Å². The van der Waals surface area contributed by atoms with Gasteiger partial charge in [0.15, 0.2) is 11.3 Å². The Bertz CT molecular complexity index is 1130. The largest absolute Gasteiger partial charge is 0.318 e. The first-order valence-corrected chi connectivity index (χ1v) is 7.94. The van der Waals surface area contributed by atoms with Crippen LogP contribution in [0.3, 0.4) is 0 Å². The number of rotatable bonds is 3. The Morgan fingerprint density at radius 2 is 2.04 bits per heavy atom. The molecule has 0 aliphatic carbocycles. The third-order valence-corrected chi connectivity index (χ3v) is 4.22. The lowest BCUT2D eigenvalue weighted by Gasteiger charge is -2.04. The molecule has 8 heteroatoms. The molecule has 7 nitrogen and oxygen atoms in total. The number of hydrogen-bond acceptors (Lipinski definition) is 4. The topological polar surface area (TPSA) is 77.1 Å². The predicted octanol–water partition coefficient (Wildman–Crippen LogP) is 2.83. The van der Waals surface area contributed by atoms with E-state index in [9.17, 15) is 9.18 Å². The van der Waals surface area contributed by atoms with Crippen molar-refractivity contribution in [2.75, 3.05) is 5.32 Å². The Morgan fingerprint density at radius 3 is 2.77 bits per heavy atom. The second kappa shape index (κ2) is 6.07. The summed E-state index contributed by atoms with van der Waals surface area (Å²) in [6.07, 6.45) is 3.39. The van der Waals surface area contributed by atoms with Crippen LogP contribution in [0.2, 0.25) is 0 Å². The third kappa shape index (κ3) is 2.61. The van der Waals surface area contributed by atoms with Crippen LogP contribution in [0.25, 0.3) is 16.9 Å². The molecule has 1 amide bonds. The number of para-hydroxylation sites is 1. The third-order valence-electron chi connectivity index (χ3n) is 4.22. The first-order chi connectivity index (χ1) is 12.5. The van der Waals surface area contributed by atoms with E-state index in [0.29, 0.717) is 5.65 Å². The van der Waals surface area contributed by atoms with Crippen LogP contribution in [0.4, 0.5) is 10.1 Å². The number of halogens is 1. The molecule has 3 aromatic heterocycles. The Balaban J connectivity index is 1.74. The molecule has 0 fully saturated rings. The zero-order chi connectivity index (χ0) is 18.3. The Kier molecular flexibility index (Phi) is 3.72. The van der Waals surface area contributed by atoms with E-state index in [1.165, 1.54) is 12.1 Å². The molecule has 130 valence electrons. The molecule has 0 saturated carbocycles. The Morgan fingerprint density at radius 1 is 1.23 bits per heavy atom. The standard InChI is InChI=1S/C18H15FN6O/c1-11-12(10-21-24(11)2)16-7-8-20-17-9-15(23-25(16)17)18(26)22-14-6-4-3-5-13(14)19/h3-10H,1-2H3,(H,22,26). The van der Waals surface area contributed by atoms with Crippen molar-refractivity contribution in [3.8, 4) is 11.3 Å². The number of anilines is 1. The Hall–Kier alpha value is -3.55. The normalized spacial score (nSPS) is 11.0. The van der Waals surface area contributed by atoms with Crippen molar-refractivity contribution in [2.24, 2.45) is 7.05 Å². The van der Waals surface area contributed by atoms with Gasteiger partial charge in [0, 0.05) is 30.6 Å². The molecule has 4 rings (SSSR count). The van der Waals surface area contributed by atoms with Crippen LogP contribution in [0.15, 0.2) is 48.8 Å². The second-order valence-electron chi connectivity index (χ2n) is 5.83. The van der Waals surface area contributed by atoms with Gasteiger partial charge in [0.25, 0.3) is 5.91 Å². The van der Waals surface area contributed by atoms with Crippen molar-refractivity contribution in [3.05, 3.63) is 66.0 Å². The molecule has 0 aliphatic rings. The molecular weight excluding hydrogens is 335 g/mol. The zero-order valence-corrected chi connectivity index (χ0v) is 14.1. The summed E-state index contributed by atoms with van der Waals surface area (Å²) in [4.78, 5) is 16.7. The molecule has 0 atom stereocenters. The van der Waals surface area contributed by atoms with E-state index in [2.05, 4.69) is 20.5 Å². The van der Waals surface area contributed by atoms with Gasteiger partial charge in [-0.15, -0.1) is 0 Å². The van der Waals surface area contributed by atoms with Crippen molar-refractivity contribution in [1.82, 2.24) is 24.4 Å². The maximum Gasteiger partial charge on any atom is 0.276 e. The van der Waals surface area contributed by atoms with Gasteiger partial charge in [0.2, 0.25) is 0 Å². The molecule has 0 saturated heterocycles. The number of carbonyl (C=O) groups excluding carboxylic acids is 1. The molecule has 0 unspecified atom stereocenters. The van der Waals surface area contributed by atoms with Gasteiger partial charge in [-0.2, -0.15) is 10.2 Å². The SMILES string of the molecule is Cc1c(-c2ccnc3cc(C(=O)Nc4ccccc4F)nn23)cnn1C. The highest BCUT2D eigenvalue weighted by molar-refractivity contribution is 6.03. The van der Waals surface area contributed by atoms with Crippen molar-refractivity contribution < 1.29 is 9.18 Å². The summed E-state index contributed by atoms with van der Waals surface area (Å²) in [6.45, 7) is 1.95. The van der Waals surface area contributed by atoms with E-state index < -0.39 is 11.7 Å². The summed E-state index contributed by atoms with van der Waals surface area (Å²) in [5.41, 5.74) is 3.39. The summed E-state index contributed by atoms with van der Waals surface area (Å²) in [6, 6.07) is 9.35. The monoisotopic (exact) mass is 350 g/mol. The number of hydrogen-bond donors (Lipinski definition) is 1. The lowest BCUT2D eigenvalue weighted by molar-refractivity contribution is 0.102. The van der Waals surface area contributed by atoms with Crippen molar-refractivity contribution in [1.29, 1.82) is 0 Å². The van der Waals surface area contributed by atoms with E-state index in [4.69, 9.17) is 0 Å². The number of benzene rings is 1. The van der Waals surface area contributed by atoms with Gasteiger partial charge in [-0.05, 0) is 25.1 Å². The fraction of sp³-hybridized carbons (Fsp3) is 0.111. The molecule has 1 aromatic carbocycles. The summed E-state index contributed by atoms with van der Waals surface area (Å²) >= 11 is 0. The average Bonchev–Trinajstić information content (AvgIpc) is 3.21. The lowest BCUT2D eigenvalue weighted by Crippen LogP contribution is -2.13. The van der Waals surface area contributed by atoms with Crippen LogP contribution in [0.5, 0.6) is 0 Å². The summed E-state index contributed by atoms with van der Waals surface area (Å²) < 4.78 is 17.1. The van der Waals surface area contributed by atoms with E-state index in [1.54, 1.807) is 39.8 Å². The minimum Gasteiger partial charge on any atom is -0.318 e. The van der Waals surface area contributed by atoms with Crippen molar-refractivity contribution in [3.63, 3.8) is 0 Å². The number of carbonyl (C=O) groups is 1. The number of amides is 1. The van der Waals surface area contributed by atoms with Gasteiger partial charge >= 0.3 is 0 Å². The molecule has 26 heavy (non-hydrogen) atoms. The van der Waals surface area contributed by atoms with Crippen molar-refractivity contribution in [2.45, 2.75) is 6.92 Å². The Labute approximate surface area is 148 Å². The fourth-order valence-corrected chi connectivity index (χ4v) is 2.71. The van der Waals surface area contributed by atoms with Crippen LogP contribution >= 0.6 is 0 Å². The maximum absolute atomic E-state index is 13.7. The lowest BCUT2D eigenvalue weighted by atomic mass is 10.2. The minimum absolute atomic E-state index is 0.103.